The number of ether oxygens (including phenoxy) is 1. The normalized spacial score (nSPS) is 21.2. The van der Waals surface area contributed by atoms with E-state index in [-0.39, 0.29) is 12.5 Å². The fourth-order valence-corrected chi connectivity index (χ4v) is 2.14. The third kappa shape index (κ3) is 12.9. The number of epoxide rings is 1. The van der Waals surface area contributed by atoms with Gasteiger partial charge in [0.15, 0.2) is 0 Å². The molecule has 0 aromatic rings. The van der Waals surface area contributed by atoms with Crippen molar-refractivity contribution in [2.75, 3.05) is 0 Å². The Labute approximate surface area is 151 Å². The molecule has 0 spiro atoms. The van der Waals surface area contributed by atoms with Crippen molar-refractivity contribution in [3.63, 3.8) is 0 Å². The van der Waals surface area contributed by atoms with Crippen molar-refractivity contribution in [2.24, 2.45) is 0 Å². The van der Waals surface area contributed by atoms with Gasteiger partial charge in [-0.25, -0.2) is 0 Å². The van der Waals surface area contributed by atoms with Gasteiger partial charge in [-0.3, -0.25) is 4.79 Å². The second-order valence-corrected chi connectivity index (χ2v) is 5.80. The van der Waals surface area contributed by atoms with Crippen LogP contribution in [0.4, 0.5) is 0 Å². The zero-order valence-corrected chi connectivity index (χ0v) is 15.1. The minimum Gasteiger partial charge on any atom is -0.481 e. The molecule has 0 aromatic carbocycles. The average Bonchev–Trinajstić information content (AvgIpc) is 3.33. The number of carboxylic acid groups (broad SMARTS) is 1. The predicted octanol–water partition coefficient (Wildman–Crippen LogP) is 5.54. The van der Waals surface area contributed by atoms with Gasteiger partial charge in [0.1, 0.15) is 6.10 Å². The lowest BCUT2D eigenvalue weighted by molar-refractivity contribution is -0.136. The highest BCUT2D eigenvalue weighted by Gasteiger charge is 2.34. The Bertz CT molecular complexity index is 535. The molecule has 3 heteroatoms. The number of carbonyl (C=O) groups is 1. The van der Waals surface area contributed by atoms with Crippen LogP contribution < -0.4 is 0 Å². The molecule has 25 heavy (non-hydrogen) atoms. The summed E-state index contributed by atoms with van der Waals surface area (Å²) in [6, 6.07) is 0. The number of aliphatic carboxylic acids is 1. The minimum atomic E-state index is -0.748. The van der Waals surface area contributed by atoms with Gasteiger partial charge in [0.25, 0.3) is 0 Å². The molecule has 0 amide bonds. The van der Waals surface area contributed by atoms with Crippen LogP contribution in [0, 0.1) is 0 Å². The molecule has 0 aromatic heterocycles. The summed E-state index contributed by atoms with van der Waals surface area (Å²) in [6.45, 7) is 2.14. The van der Waals surface area contributed by atoms with E-state index < -0.39 is 5.97 Å². The van der Waals surface area contributed by atoms with Crippen LogP contribution in [0.2, 0.25) is 0 Å². The molecule has 0 radical (unpaired) electrons. The summed E-state index contributed by atoms with van der Waals surface area (Å²) < 4.78 is 5.55. The average molecular weight is 342 g/mol. The molecular formula is C22H30O3. The van der Waals surface area contributed by atoms with E-state index in [1.807, 2.05) is 36.5 Å². The van der Waals surface area contributed by atoms with Crippen molar-refractivity contribution in [1.29, 1.82) is 0 Å². The molecule has 3 nitrogen and oxygen atoms in total. The standard InChI is InChI=1S/C22H30O3/c1-2-3-14-17-20-21(25-20)18-15-12-10-8-6-4-5-7-9-11-13-16-19-22(23)24/h3,5-8,10-15,18,20-21H,2,4,9,16-17,19H2,1H3,(H,23,24)/b7-5-,8-6-,12-10-,13-11-,14-3-,18-15+. The summed E-state index contributed by atoms with van der Waals surface area (Å²) in [7, 11) is 0. The van der Waals surface area contributed by atoms with Gasteiger partial charge in [-0.15, -0.1) is 0 Å². The lowest BCUT2D eigenvalue weighted by Crippen LogP contribution is -1.91. The number of hydrogen-bond acceptors (Lipinski definition) is 2. The Kier molecular flexibility index (Phi) is 11.9. The molecule has 1 rings (SSSR count). The Morgan fingerprint density at radius 3 is 2.40 bits per heavy atom. The van der Waals surface area contributed by atoms with Crippen molar-refractivity contribution in [3.8, 4) is 0 Å². The molecule has 1 heterocycles. The van der Waals surface area contributed by atoms with E-state index in [4.69, 9.17) is 9.84 Å². The van der Waals surface area contributed by atoms with Crippen LogP contribution in [-0.2, 0) is 9.53 Å². The summed E-state index contributed by atoms with van der Waals surface area (Å²) in [5.74, 6) is -0.748. The topological polar surface area (TPSA) is 49.8 Å². The summed E-state index contributed by atoms with van der Waals surface area (Å²) in [5.41, 5.74) is 0. The summed E-state index contributed by atoms with van der Waals surface area (Å²) in [5, 5.41) is 8.50. The molecule has 1 aliphatic heterocycles. The Hall–Kier alpha value is -2.13. The highest BCUT2D eigenvalue weighted by atomic mass is 16.6. The van der Waals surface area contributed by atoms with Gasteiger partial charge in [-0.1, -0.05) is 79.8 Å². The van der Waals surface area contributed by atoms with E-state index in [1.54, 1.807) is 0 Å². The molecule has 1 aliphatic rings. The van der Waals surface area contributed by atoms with Crippen LogP contribution in [0.25, 0.3) is 0 Å². The molecule has 0 aliphatic carbocycles. The Balaban J connectivity index is 2.01. The molecule has 1 saturated heterocycles. The molecular weight excluding hydrogens is 312 g/mol. The first-order valence-corrected chi connectivity index (χ1v) is 9.06. The van der Waals surface area contributed by atoms with Gasteiger partial charge < -0.3 is 9.84 Å². The van der Waals surface area contributed by atoms with Crippen LogP contribution in [0.15, 0.2) is 72.9 Å². The lowest BCUT2D eigenvalue weighted by atomic mass is 10.2. The molecule has 2 atom stereocenters. The number of rotatable bonds is 13. The minimum absolute atomic E-state index is 0.202. The molecule has 0 bridgehead atoms. The maximum Gasteiger partial charge on any atom is 0.303 e. The highest BCUT2D eigenvalue weighted by Crippen LogP contribution is 2.26. The summed E-state index contributed by atoms with van der Waals surface area (Å²) >= 11 is 0. The van der Waals surface area contributed by atoms with Crippen molar-refractivity contribution in [2.45, 2.75) is 57.7 Å². The van der Waals surface area contributed by atoms with Gasteiger partial charge in [-0.2, -0.15) is 0 Å². The first-order chi connectivity index (χ1) is 12.2. The molecule has 2 unspecified atom stereocenters. The number of hydrogen-bond donors (Lipinski definition) is 1. The SMILES string of the molecule is CC/C=C\CC1OC1/C=C/C=C\C=C/C/C=C\C/C=C\CCC(=O)O. The Morgan fingerprint density at radius 2 is 1.64 bits per heavy atom. The van der Waals surface area contributed by atoms with Crippen LogP contribution in [0.1, 0.15) is 45.4 Å². The van der Waals surface area contributed by atoms with Gasteiger partial charge in [0.05, 0.1) is 6.10 Å². The molecule has 136 valence electrons. The zero-order valence-electron chi connectivity index (χ0n) is 15.1. The fraction of sp³-hybridized carbons (Fsp3) is 0.409. The fourth-order valence-electron chi connectivity index (χ4n) is 2.14. The van der Waals surface area contributed by atoms with Crippen molar-refractivity contribution >= 4 is 5.97 Å². The van der Waals surface area contributed by atoms with E-state index in [0.717, 1.165) is 25.7 Å². The number of carboxylic acids is 1. The first-order valence-electron chi connectivity index (χ1n) is 9.06. The zero-order chi connectivity index (χ0) is 18.2. The van der Waals surface area contributed by atoms with Crippen molar-refractivity contribution < 1.29 is 14.6 Å². The highest BCUT2D eigenvalue weighted by molar-refractivity contribution is 5.66. The van der Waals surface area contributed by atoms with E-state index in [9.17, 15) is 4.79 Å². The maximum atomic E-state index is 10.3. The van der Waals surface area contributed by atoms with Crippen molar-refractivity contribution in [3.05, 3.63) is 72.9 Å². The van der Waals surface area contributed by atoms with Gasteiger partial charge in [0.2, 0.25) is 0 Å². The summed E-state index contributed by atoms with van der Waals surface area (Å²) in [4.78, 5) is 10.3. The van der Waals surface area contributed by atoms with Crippen LogP contribution >= 0.6 is 0 Å². The van der Waals surface area contributed by atoms with Gasteiger partial charge >= 0.3 is 5.97 Å². The van der Waals surface area contributed by atoms with Crippen LogP contribution in [-0.4, -0.2) is 23.3 Å². The van der Waals surface area contributed by atoms with E-state index in [1.165, 1.54) is 0 Å². The van der Waals surface area contributed by atoms with E-state index in [0.29, 0.717) is 12.5 Å². The second-order valence-electron chi connectivity index (χ2n) is 5.80. The molecule has 0 saturated carbocycles. The largest absolute Gasteiger partial charge is 0.481 e. The quantitative estimate of drug-likeness (QED) is 0.272. The van der Waals surface area contributed by atoms with Gasteiger partial charge in [-0.05, 0) is 32.1 Å². The smallest absolute Gasteiger partial charge is 0.303 e. The van der Waals surface area contributed by atoms with E-state index >= 15 is 0 Å². The van der Waals surface area contributed by atoms with E-state index in [2.05, 4.69) is 43.4 Å². The first kappa shape index (κ1) is 20.9. The second kappa shape index (κ2) is 14.2. The Morgan fingerprint density at radius 1 is 0.920 bits per heavy atom. The van der Waals surface area contributed by atoms with Crippen molar-refractivity contribution in [1.82, 2.24) is 0 Å². The molecule has 1 fully saturated rings. The summed E-state index contributed by atoms with van der Waals surface area (Å²) in [6.07, 6.45) is 30.1. The third-order valence-corrected chi connectivity index (χ3v) is 3.57. The third-order valence-electron chi connectivity index (χ3n) is 3.57. The maximum absolute atomic E-state index is 10.3. The van der Waals surface area contributed by atoms with Crippen LogP contribution in [0.3, 0.4) is 0 Å². The van der Waals surface area contributed by atoms with Crippen LogP contribution in [0.5, 0.6) is 0 Å². The number of allylic oxidation sites excluding steroid dienone is 10. The lowest BCUT2D eigenvalue weighted by Gasteiger charge is -1.86. The molecule has 1 N–H and O–H groups in total. The van der Waals surface area contributed by atoms with Gasteiger partial charge in [0, 0.05) is 6.42 Å². The predicted molar refractivity (Wildman–Crippen MR) is 105 cm³/mol. The monoisotopic (exact) mass is 342 g/mol.